The molecule has 0 saturated carbocycles. The molecule has 0 saturated heterocycles. The van der Waals surface area contributed by atoms with E-state index < -0.39 is 66.3 Å². The number of aliphatic hydroxyl groups is 1. The average molecular weight is 510 g/mol. The average Bonchev–Trinajstić information content (AvgIpc) is 2.83. The van der Waals surface area contributed by atoms with Crippen LogP contribution in [0.4, 0.5) is 0 Å². The van der Waals surface area contributed by atoms with E-state index >= 15 is 0 Å². The molecule has 0 aliphatic heterocycles. The molecule has 10 N–H and O–H groups in total. The number of carboxylic acid groups (broad SMARTS) is 1. The first-order chi connectivity index (χ1) is 16.9. The van der Waals surface area contributed by atoms with Gasteiger partial charge in [0.1, 0.15) is 23.9 Å². The summed E-state index contributed by atoms with van der Waals surface area (Å²) in [6, 6.07) is 0.854. The maximum atomic E-state index is 13.2. The highest BCUT2D eigenvalue weighted by atomic mass is 16.4. The Morgan fingerprint density at radius 3 is 2.03 bits per heavy atom. The van der Waals surface area contributed by atoms with Crippen molar-refractivity contribution >= 4 is 29.6 Å². The van der Waals surface area contributed by atoms with Crippen molar-refractivity contribution in [3.05, 3.63) is 29.8 Å². The number of phenolic OH excluding ortho intramolecular Hbond substituents is 1. The summed E-state index contributed by atoms with van der Waals surface area (Å²) in [5, 5.41) is 35.1. The van der Waals surface area contributed by atoms with Crippen molar-refractivity contribution in [1.82, 2.24) is 16.0 Å². The van der Waals surface area contributed by atoms with Crippen molar-refractivity contribution in [2.75, 3.05) is 6.61 Å². The third kappa shape index (κ3) is 9.88. The number of rotatable bonds is 15. The van der Waals surface area contributed by atoms with Crippen molar-refractivity contribution in [3.63, 3.8) is 0 Å². The van der Waals surface area contributed by atoms with Crippen molar-refractivity contribution < 1.29 is 39.3 Å². The SMILES string of the molecule is CCC(C)C(NC(=O)C(Cc1ccc(O)cc1)NC(=O)C(N)CCC(N)=O)C(=O)NC(CO)C(=O)O. The number of carbonyl (C=O) groups is 5. The summed E-state index contributed by atoms with van der Waals surface area (Å²) in [5.74, 6) is -4.77. The number of carboxylic acids is 1. The van der Waals surface area contributed by atoms with Crippen LogP contribution in [0.1, 0.15) is 38.7 Å². The van der Waals surface area contributed by atoms with Gasteiger partial charge in [0.15, 0.2) is 0 Å². The molecule has 0 radical (unpaired) electrons. The van der Waals surface area contributed by atoms with Gasteiger partial charge >= 0.3 is 5.97 Å². The Hall–Kier alpha value is -3.71. The number of aliphatic carboxylic acids is 1. The molecule has 0 bridgehead atoms. The van der Waals surface area contributed by atoms with Crippen molar-refractivity contribution in [2.24, 2.45) is 17.4 Å². The van der Waals surface area contributed by atoms with Crippen LogP contribution < -0.4 is 27.4 Å². The fraction of sp³-hybridized carbons (Fsp3) is 0.522. The van der Waals surface area contributed by atoms with Crippen molar-refractivity contribution in [3.8, 4) is 5.75 Å². The first-order valence-electron chi connectivity index (χ1n) is 11.5. The normalized spacial score (nSPS) is 15.0. The number of hydrogen-bond donors (Lipinski definition) is 8. The van der Waals surface area contributed by atoms with E-state index in [0.717, 1.165) is 0 Å². The second-order valence-corrected chi connectivity index (χ2v) is 8.50. The minimum atomic E-state index is -1.56. The van der Waals surface area contributed by atoms with Gasteiger partial charge in [-0.25, -0.2) is 4.79 Å². The number of aliphatic hydroxyl groups excluding tert-OH is 1. The molecule has 13 nitrogen and oxygen atoms in total. The summed E-state index contributed by atoms with van der Waals surface area (Å²) in [6.45, 7) is 2.60. The van der Waals surface area contributed by atoms with Gasteiger partial charge in [0, 0.05) is 12.8 Å². The lowest BCUT2D eigenvalue weighted by atomic mass is 9.96. The summed E-state index contributed by atoms with van der Waals surface area (Å²) >= 11 is 0. The second-order valence-electron chi connectivity index (χ2n) is 8.50. The van der Waals surface area contributed by atoms with E-state index in [4.69, 9.17) is 16.6 Å². The lowest BCUT2D eigenvalue weighted by Gasteiger charge is -2.28. The molecule has 5 atom stereocenters. The summed E-state index contributed by atoms with van der Waals surface area (Å²) < 4.78 is 0. The van der Waals surface area contributed by atoms with Crippen LogP contribution in [0.5, 0.6) is 5.75 Å². The number of amides is 4. The molecule has 200 valence electrons. The molecule has 0 heterocycles. The van der Waals surface area contributed by atoms with Crippen molar-refractivity contribution in [1.29, 1.82) is 0 Å². The molecule has 36 heavy (non-hydrogen) atoms. The fourth-order valence-electron chi connectivity index (χ4n) is 3.19. The van der Waals surface area contributed by atoms with Crippen LogP contribution in [0.3, 0.4) is 0 Å². The molecule has 0 aliphatic carbocycles. The zero-order valence-electron chi connectivity index (χ0n) is 20.3. The van der Waals surface area contributed by atoms with E-state index in [2.05, 4.69) is 16.0 Å². The summed E-state index contributed by atoms with van der Waals surface area (Å²) in [7, 11) is 0. The van der Waals surface area contributed by atoms with Gasteiger partial charge in [-0.2, -0.15) is 0 Å². The Bertz CT molecular complexity index is 924. The maximum absolute atomic E-state index is 13.2. The van der Waals surface area contributed by atoms with Gasteiger partial charge < -0.3 is 42.7 Å². The fourth-order valence-corrected chi connectivity index (χ4v) is 3.19. The number of carbonyl (C=O) groups excluding carboxylic acids is 4. The Morgan fingerprint density at radius 1 is 0.944 bits per heavy atom. The van der Waals surface area contributed by atoms with Gasteiger partial charge in [0.05, 0.1) is 12.6 Å². The van der Waals surface area contributed by atoms with Gasteiger partial charge in [-0.15, -0.1) is 0 Å². The van der Waals surface area contributed by atoms with Crippen LogP contribution in [0, 0.1) is 5.92 Å². The Balaban J connectivity index is 3.13. The van der Waals surface area contributed by atoms with E-state index in [1.165, 1.54) is 12.1 Å². The van der Waals surface area contributed by atoms with E-state index in [9.17, 15) is 34.2 Å². The summed E-state index contributed by atoms with van der Waals surface area (Å²) in [4.78, 5) is 60.8. The molecule has 0 spiro atoms. The highest BCUT2D eigenvalue weighted by molar-refractivity contribution is 5.94. The van der Waals surface area contributed by atoms with Crippen LogP contribution in [-0.2, 0) is 30.4 Å². The van der Waals surface area contributed by atoms with Gasteiger partial charge in [0.25, 0.3) is 0 Å². The first kappa shape index (κ1) is 30.3. The summed E-state index contributed by atoms with van der Waals surface area (Å²) in [6.07, 6.45) is 0.255. The quantitative estimate of drug-likeness (QED) is 0.132. The largest absolute Gasteiger partial charge is 0.508 e. The standard InChI is InChI=1S/C23H35N5O8/c1-3-12(2)19(22(34)27-17(11-29)23(35)36)28-21(33)16(10-13-4-6-14(30)7-5-13)26-20(32)15(24)8-9-18(25)31/h4-7,12,15-17,19,29-30H,3,8-11,24H2,1-2H3,(H2,25,31)(H,26,32)(H,27,34)(H,28,33)(H,35,36). The zero-order chi connectivity index (χ0) is 27.4. The molecular formula is C23H35N5O8. The van der Waals surface area contributed by atoms with E-state index in [1.807, 2.05) is 0 Å². The Labute approximate surface area is 208 Å². The molecule has 0 aromatic heterocycles. The number of phenols is 1. The van der Waals surface area contributed by atoms with Crippen LogP contribution in [-0.4, -0.2) is 75.7 Å². The number of primary amides is 1. The third-order valence-corrected chi connectivity index (χ3v) is 5.64. The maximum Gasteiger partial charge on any atom is 0.328 e. The van der Waals surface area contributed by atoms with E-state index in [-0.39, 0.29) is 25.0 Å². The van der Waals surface area contributed by atoms with Crippen LogP contribution in [0.15, 0.2) is 24.3 Å². The van der Waals surface area contributed by atoms with Gasteiger partial charge in [0.2, 0.25) is 23.6 Å². The molecular weight excluding hydrogens is 474 g/mol. The molecule has 13 heteroatoms. The predicted molar refractivity (Wildman–Crippen MR) is 128 cm³/mol. The number of benzene rings is 1. The minimum absolute atomic E-state index is 0.00244. The van der Waals surface area contributed by atoms with Gasteiger partial charge in [-0.1, -0.05) is 32.4 Å². The van der Waals surface area contributed by atoms with Crippen LogP contribution in [0.25, 0.3) is 0 Å². The Kier molecular flexibility index (Phi) is 12.3. The molecule has 5 unspecified atom stereocenters. The molecule has 4 amide bonds. The molecule has 1 rings (SSSR count). The van der Waals surface area contributed by atoms with E-state index in [1.54, 1.807) is 26.0 Å². The third-order valence-electron chi connectivity index (χ3n) is 5.64. The molecule has 0 fully saturated rings. The monoisotopic (exact) mass is 509 g/mol. The molecule has 0 aliphatic rings. The smallest absolute Gasteiger partial charge is 0.328 e. The number of hydrogen-bond acceptors (Lipinski definition) is 8. The lowest BCUT2D eigenvalue weighted by molar-refractivity contribution is -0.143. The second kappa shape index (κ2) is 14.6. The zero-order valence-corrected chi connectivity index (χ0v) is 20.3. The number of nitrogens with two attached hydrogens (primary N) is 2. The highest BCUT2D eigenvalue weighted by Gasteiger charge is 2.32. The summed E-state index contributed by atoms with van der Waals surface area (Å²) in [5.41, 5.74) is 11.5. The minimum Gasteiger partial charge on any atom is -0.508 e. The first-order valence-corrected chi connectivity index (χ1v) is 11.5. The van der Waals surface area contributed by atoms with Gasteiger partial charge in [-0.3, -0.25) is 19.2 Å². The number of nitrogens with one attached hydrogen (secondary N) is 3. The molecule has 1 aromatic carbocycles. The van der Waals surface area contributed by atoms with Crippen LogP contribution >= 0.6 is 0 Å². The predicted octanol–water partition coefficient (Wildman–Crippen LogP) is -1.90. The van der Waals surface area contributed by atoms with Crippen LogP contribution in [0.2, 0.25) is 0 Å². The highest BCUT2D eigenvalue weighted by Crippen LogP contribution is 2.13. The van der Waals surface area contributed by atoms with E-state index in [0.29, 0.717) is 12.0 Å². The topological polar surface area (TPSA) is 234 Å². The lowest BCUT2D eigenvalue weighted by Crippen LogP contribution is -2.59. The molecule has 1 aromatic rings. The van der Waals surface area contributed by atoms with Gasteiger partial charge in [-0.05, 0) is 30.0 Å². The van der Waals surface area contributed by atoms with Crippen molar-refractivity contribution in [2.45, 2.75) is 63.7 Å². The Morgan fingerprint density at radius 2 is 1.53 bits per heavy atom. The number of aromatic hydroxyl groups is 1.